The molecule has 2 amide bonds. The first-order chi connectivity index (χ1) is 9.88. The summed E-state index contributed by atoms with van der Waals surface area (Å²) in [5, 5.41) is 2.14. The summed E-state index contributed by atoms with van der Waals surface area (Å²) in [7, 11) is 0. The summed E-state index contributed by atoms with van der Waals surface area (Å²) in [5.41, 5.74) is 3.42. The third-order valence-electron chi connectivity index (χ3n) is 2.61. The van der Waals surface area contributed by atoms with Crippen molar-refractivity contribution in [3.05, 3.63) is 63.6 Å². The van der Waals surface area contributed by atoms with Gasteiger partial charge in [0.25, 0.3) is 11.8 Å². The van der Waals surface area contributed by atoms with Gasteiger partial charge in [-0.05, 0) is 12.1 Å². The largest absolute Gasteiger partial charge is 0.366 e. The summed E-state index contributed by atoms with van der Waals surface area (Å²) in [4.78, 5) is 36.2. The van der Waals surface area contributed by atoms with Crippen LogP contribution in [0.3, 0.4) is 0 Å². The molecule has 0 spiro atoms. The van der Waals surface area contributed by atoms with Gasteiger partial charge in [0.15, 0.2) is 0 Å². The number of anilines is 1. The first-order valence-electron chi connectivity index (χ1n) is 5.67. The van der Waals surface area contributed by atoms with Crippen LogP contribution in [0.5, 0.6) is 0 Å². The van der Waals surface area contributed by atoms with Crippen molar-refractivity contribution in [2.75, 3.05) is 5.32 Å². The topological polar surface area (TPSA) is 105 Å². The average molecular weight is 293 g/mol. The van der Waals surface area contributed by atoms with Gasteiger partial charge < -0.3 is 16.0 Å². The van der Waals surface area contributed by atoms with Crippen LogP contribution in [0, 0.1) is 11.6 Å². The highest BCUT2D eigenvalue weighted by molar-refractivity contribution is 6.05. The summed E-state index contributed by atoms with van der Waals surface area (Å²) in [6, 6.07) is 3.53. The molecule has 0 aliphatic rings. The molecule has 0 aliphatic heterocycles. The smallest absolute Gasteiger partial charge is 0.255 e. The van der Waals surface area contributed by atoms with E-state index in [1.165, 1.54) is 12.3 Å². The second-order valence-electron chi connectivity index (χ2n) is 4.07. The molecular formula is C13H9F2N3O3. The van der Waals surface area contributed by atoms with Gasteiger partial charge in [-0.15, -0.1) is 0 Å². The van der Waals surface area contributed by atoms with Crippen LogP contribution in [-0.4, -0.2) is 16.8 Å². The fourth-order valence-corrected chi connectivity index (χ4v) is 1.61. The van der Waals surface area contributed by atoms with Crippen LogP contribution in [0.15, 0.2) is 35.3 Å². The maximum atomic E-state index is 13.6. The SMILES string of the molecule is NC(=O)c1cc(NC(=O)c2cc[nH]c(=O)c2)c(F)cc1F. The predicted molar refractivity (Wildman–Crippen MR) is 69.9 cm³/mol. The molecule has 6 nitrogen and oxygen atoms in total. The highest BCUT2D eigenvalue weighted by Crippen LogP contribution is 2.20. The number of hydrogen-bond acceptors (Lipinski definition) is 3. The predicted octanol–water partition coefficient (Wildman–Crippen LogP) is 1.00. The van der Waals surface area contributed by atoms with Gasteiger partial charge in [0, 0.05) is 23.9 Å². The number of nitrogens with two attached hydrogens (primary N) is 1. The number of rotatable bonds is 3. The standard InChI is InChI=1S/C13H9F2N3O3/c14-8-5-9(15)10(4-7(8)12(16)20)18-13(21)6-1-2-17-11(19)3-6/h1-5H,(H2,16,20)(H,17,19)(H,18,21). The van der Waals surface area contributed by atoms with Crippen LogP contribution in [0.2, 0.25) is 0 Å². The number of benzene rings is 1. The minimum Gasteiger partial charge on any atom is -0.366 e. The third kappa shape index (κ3) is 3.11. The lowest BCUT2D eigenvalue weighted by atomic mass is 10.1. The molecule has 0 radical (unpaired) electrons. The number of carbonyl (C=O) groups is 2. The summed E-state index contributed by atoms with van der Waals surface area (Å²) in [6.45, 7) is 0. The minimum atomic E-state index is -1.13. The van der Waals surface area contributed by atoms with Crippen molar-refractivity contribution in [2.45, 2.75) is 0 Å². The average Bonchev–Trinajstić information content (AvgIpc) is 2.41. The maximum Gasteiger partial charge on any atom is 0.255 e. The van der Waals surface area contributed by atoms with E-state index >= 15 is 0 Å². The van der Waals surface area contributed by atoms with Gasteiger partial charge in [0.2, 0.25) is 5.56 Å². The molecule has 1 aromatic heterocycles. The molecule has 108 valence electrons. The van der Waals surface area contributed by atoms with Crippen molar-refractivity contribution in [1.29, 1.82) is 0 Å². The quantitative estimate of drug-likeness (QED) is 0.786. The zero-order valence-corrected chi connectivity index (χ0v) is 10.4. The van der Waals surface area contributed by atoms with Crippen LogP contribution in [0.25, 0.3) is 0 Å². The van der Waals surface area contributed by atoms with Gasteiger partial charge in [-0.3, -0.25) is 14.4 Å². The number of aromatic amines is 1. The Morgan fingerprint density at radius 3 is 2.48 bits per heavy atom. The number of primary amides is 1. The third-order valence-corrected chi connectivity index (χ3v) is 2.61. The van der Waals surface area contributed by atoms with Crippen LogP contribution in [-0.2, 0) is 0 Å². The van der Waals surface area contributed by atoms with Crippen LogP contribution in [0.1, 0.15) is 20.7 Å². The number of pyridine rings is 1. The summed E-state index contributed by atoms with van der Waals surface area (Å²) >= 11 is 0. The first kappa shape index (κ1) is 14.4. The van der Waals surface area contributed by atoms with Crippen LogP contribution in [0.4, 0.5) is 14.5 Å². The molecule has 2 aromatic rings. The highest BCUT2D eigenvalue weighted by Gasteiger charge is 2.16. The van der Waals surface area contributed by atoms with Gasteiger partial charge in [-0.25, -0.2) is 8.78 Å². The van der Waals surface area contributed by atoms with Crippen LogP contribution >= 0.6 is 0 Å². The van der Waals surface area contributed by atoms with E-state index in [0.717, 1.165) is 12.1 Å². The molecule has 0 saturated heterocycles. The Balaban J connectivity index is 2.35. The molecule has 4 N–H and O–H groups in total. The number of hydrogen-bond donors (Lipinski definition) is 3. The second-order valence-corrected chi connectivity index (χ2v) is 4.07. The first-order valence-corrected chi connectivity index (χ1v) is 5.67. The van der Waals surface area contributed by atoms with Crippen molar-refractivity contribution >= 4 is 17.5 Å². The van der Waals surface area contributed by atoms with Gasteiger partial charge in [0.05, 0.1) is 11.3 Å². The van der Waals surface area contributed by atoms with Crippen molar-refractivity contribution in [1.82, 2.24) is 4.98 Å². The lowest BCUT2D eigenvalue weighted by Crippen LogP contribution is -2.18. The lowest BCUT2D eigenvalue weighted by molar-refractivity contribution is 0.0992. The zero-order chi connectivity index (χ0) is 15.6. The van der Waals surface area contributed by atoms with E-state index < -0.39 is 40.3 Å². The van der Waals surface area contributed by atoms with E-state index in [2.05, 4.69) is 10.3 Å². The lowest BCUT2D eigenvalue weighted by Gasteiger charge is -2.08. The number of halogens is 2. The monoisotopic (exact) mass is 293 g/mol. The van der Waals surface area contributed by atoms with Gasteiger partial charge in [-0.2, -0.15) is 0 Å². The van der Waals surface area contributed by atoms with E-state index in [1.807, 2.05) is 0 Å². The Morgan fingerprint density at radius 1 is 1.14 bits per heavy atom. The Hall–Kier alpha value is -3.03. The Kier molecular flexibility index (Phi) is 3.79. The molecule has 0 fully saturated rings. The fourth-order valence-electron chi connectivity index (χ4n) is 1.61. The molecule has 2 rings (SSSR count). The maximum absolute atomic E-state index is 13.6. The van der Waals surface area contributed by atoms with Crippen molar-refractivity contribution in [2.24, 2.45) is 5.73 Å². The van der Waals surface area contributed by atoms with Gasteiger partial charge in [-0.1, -0.05) is 0 Å². The van der Waals surface area contributed by atoms with Crippen molar-refractivity contribution in [3.63, 3.8) is 0 Å². The number of amides is 2. The molecule has 0 unspecified atom stereocenters. The number of nitrogens with one attached hydrogen (secondary N) is 2. The Labute approximate surface area is 116 Å². The summed E-state index contributed by atoms with van der Waals surface area (Å²) < 4.78 is 26.9. The molecule has 0 saturated carbocycles. The molecule has 0 aliphatic carbocycles. The summed E-state index contributed by atoms with van der Waals surface area (Å²) in [6.07, 6.45) is 1.24. The molecule has 1 heterocycles. The van der Waals surface area contributed by atoms with E-state index in [-0.39, 0.29) is 5.56 Å². The molecule has 0 atom stereocenters. The molecule has 8 heteroatoms. The highest BCUT2D eigenvalue weighted by atomic mass is 19.1. The van der Waals surface area contributed by atoms with E-state index in [9.17, 15) is 23.2 Å². The molecule has 1 aromatic carbocycles. The normalized spacial score (nSPS) is 10.2. The Morgan fingerprint density at radius 2 is 1.86 bits per heavy atom. The second kappa shape index (κ2) is 5.53. The van der Waals surface area contributed by atoms with Crippen molar-refractivity contribution in [3.8, 4) is 0 Å². The Bertz CT molecular complexity index is 786. The number of H-pyrrole nitrogens is 1. The summed E-state index contributed by atoms with van der Waals surface area (Å²) in [5.74, 6) is -4.09. The van der Waals surface area contributed by atoms with E-state index in [0.29, 0.717) is 6.07 Å². The number of carbonyl (C=O) groups excluding carboxylic acids is 2. The molecule has 21 heavy (non-hydrogen) atoms. The van der Waals surface area contributed by atoms with Gasteiger partial charge in [0.1, 0.15) is 11.6 Å². The van der Waals surface area contributed by atoms with Gasteiger partial charge >= 0.3 is 0 Å². The molecule has 0 bridgehead atoms. The van der Waals surface area contributed by atoms with Crippen LogP contribution < -0.4 is 16.6 Å². The van der Waals surface area contributed by atoms with E-state index in [4.69, 9.17) is 5.73 Å². The van der Waals surface area contributed by atoms with Crippen molar-refractivity contribution < 1.29 is 18.4 Å². The molecular weight excluding hydrogens is 284 g/mol. The van der Waals surface area contributed by atoms with E-state index in [1.54, 1.807) is 0 Å². The fraction of sp³-hybridized carbons (Fsp3) is 0. The minimum absolute atomic E-state index is 0.0249. The zero-order valence-electron chi connectivity index (χ0n) is 10.4. The number of aromatic nitrogens is 1.